The van der Waals surface area contributed by atoms with Crippen molar-refractivity contribution in [2.24, 2.45) is 0 Å². The van der Waals surface area contributed by atoms with Gasteiger partial charge in [0.25, 0.3) is 0 Å². The minimum absolute atomic E-state index is 0. The largest absolute Gasteiger partial charge is 0.395 e. The number of rotatable bonds is 0. The molecule has 0 aliphatic heterocycles. The molecule has 0 fully saturated rings. The monoisotopic (exact) mass is 118 g/mol. The van der Waals surface area contributed by atoms with Gasteiger partial charge < -0.3 is 4.46 Å². The van der Waals surface area contributed by atoms with Crippen molar-refractivity contribution in [3.05, 3.63) is 0 Å². The van der Waals surface area contributed by atoms with Crippen molar-refractivity contribution in [1.82, 2.24) is 0 Å². The fraction of sp³-hybridized carbons (Fsp3) is 0. The Morgan fingerprint density at radius 3 is 1.80 bits per heavy atom. The van der Waals surface area contributed by atoms with E-state index < -0.39 is 8.22 Å². The van der Waals surface area contributed by atoms with Crippen molar-refractivity contribution in [2.75, 3.05) is 0 Å². The fourth-order valence-electron chi connectivity index (χ4n) is 0. The maximum absolute atomic E-state index is 9.37. The quantitative estimate of drug-likeness (QED) is 0.272. The molecule has 0 spiro atoms. The molecule has 0 N–H and O–H groups in total. The average molecular weight is 118 g/mol. The fourth-order valence-corrected chi connectivity index (χ4v) is 0. The van der Waals surface area contributed by atoms with E-state index in [1.807, 2.05) is 8.79 Å². The lowest BCUT2D eigenvalue weighted by Gasteiger charge is -1.52. The maximum Gasteiger partial charge on any atom is 0.235 e. The van der Waals surface area contributed by atoms with Crippen molar-refractivity contribution in [3.63, 3.8) is 0 Å². The molecule has 0 aliphatic carbocycles. The molecule has 1 atom stereocenters. The minimum atomic E-state index is -1.71. The van der Waals surface area contributed by atoms with Crippen LogP contribution < -0.4 is 0 Å². The molecule has 1 unspecified atom stereocenters. The zero-order valence-electron chi connectivity index (χ0n) is 2.06. The second-order valence-corrected chi connectivity index (χ2v) is 2.91. The smallest absolute Gasteiger partial charge is 0.235 e. The van der Waals surface area contributed by atoms with E-state index in [0.717, 1.165) is 0 Å². The van der Waals surface area contributed by atoms with Crippen LogP contribution in [0, 0.1) is 0 Å². The molecule has 0 aromatic carbocycles. The Kier molecular flexibility index (Phi) is 9.49. The summed E-state index contributed by atoms with van der Waals surface area (Å²) in [6.07, 6.45) is 0. The molecule has 0 aliphatic rings. The zero-order chi connectivity index (χ0) is 3.58. The molecule has 0 saturated heterocycles. The average Bonchev–Trinajstić information content (AvgIpc) is 0.811. The Hall–Kier alpha value is 1.04. The van der Waals surface area contributed by atoms with E-state index in [9.17, 15) is 4.46 Å². The summed E-state index contributed by atoms with van der Waals surface area (Å²) in [5.41, 5.74) is 0. The third kappa shape index (κ3) is 42.9. The van der Waals surface area contributed by atoms with Gasteiger partial charge in [-0.25, -0.2) is 0 Å². The molecule has 26 valence electrons. The van der Waals surface area contributed by atoms with Gasteiger partial charge in [0.05, 0.1) is 0 Å². The van der Waals surface area contributed by atoms with Gasteiger partial charge in [0.2, 0.25) is 8.22 Å². The van der Waals surface area contributed by atoms with Gasteiger partial charge in [-0.2, -0.15) is 0 Å². The van der Waals surface area contributed by atoms with E-state index in [-0.39, 0.29) is 17.4 Å². The van der Waals surface area contributed by atoms with E-state index in [4.69, 9.17) is 0 Å². The van der Waals surface area contributed by atoms with Gasteiger partial charge in [-0.05, 0) is 0 Å². The topological polar surface area (TPSA) is 17.1 Å². The van der Waals surface area contributed by atoms with Gasteiger partial charge in [-0.3, -0.25) is 0 Å². The second kappa shape index (κ2) is 5.04. The molecule has 0 rings (SSSR count). The highest BCUT2D eigenvalue weighted by Crippen LogP contribution is 1.65. The molecule has 0 heterocycles. The molecular weight excluding hydrogens is 113 g/mol. The molecule has 0 aromatic heterocycles. The van der Waals surface area contributed by atoms with E-state index in [0.29, 0.717) is 0 Å². The molecule has 0 bridgehead atoms. The van der Waals surface area contributed by atoms with Gasteiger partial charge in [0, 0.05) is 0 Å². The highest BCUT2D eigenvalue weighted by Gasteiger charge is 1.69. The highest BCUT2D eigenvalue weighted by molar-refractivity contribution is 7.67. The summed E-state index contributed by atoms with van der Waals surface area (Å²) in [5, 5.41) is 0. The Morgan fingerprint density at radius 1 is 1.80 bits per heavy atom. The first-order chi connectivity index (χ1) is 1.73. The van der Waals surface area contributed by atoms with Crippen LogP contribution in [0.1, 0.15) is 0 Å². The summed E-state index contributed by atoms with van der Waals surface area (Å²) >= 11 is 0. The number of hydrogen-bond donors (Lipinski definition) is 0. The summed E-state index contributed by atoms with van der Waals surface area (Å²) in [5.74, 6) is 0. The Morgan fingerprint density at radius 2 is 1.80 bits per heavy atom. The molecule has 5 heavy (non-hydrogen) atoms. The van der Waals surface area contributed by atoms with Crippen LogP contribution >= 0.6 is 8.79 Å². The predicted molar refractivity (Wildman–Crippen MR) is 31.8 cm³/mol. The number of hydrogen-bond acceptors (Lipinski definition) is 1. The Balaban J connectivity index is 0. The Bertz CT molecular complexity index is 34.6. The lowest BCUT2D eigenvalue weighted by Crippen LogP contribution is -1.78. The maximum atomic E-state index is 9.37. The molecule has 2 radical (unpaired) electrons. The predicted octanol–water partition coefficient (Wildman–Crippen LogP) is -1.74. The third-order valence-corrected chi connectivity index (χ3v) is 0. The molecule has 1 nitrogen and oxygen atoms in total. The van der Waals surface area contributed by atoms with Crippen LogP contribution in [0.4, 0.5) is 0 Å². The SMILES string of the molecule is [AlH3].[B][Si](=O)P. The first-order valence-electron chi connectivity index (χ1n) is 0.781. The van der Waals surface area contributed by atoms with Crippen LogP contribution in [0.3, 0.4) is 0 Å². The molecule has 0 aromatic rings. The standard InChI is InChI=1S/Al.BH2OPSi.3H/c;1-4(2)3;;;/h;3H2;;;. The summed E-state index contributed by atoms with van der Waals surface area (Å²) < 4.78 is 9.37. The Labute approximate surface area is 46.7 Å². The molecule has 5 heteroatoms. The first-order valence-corrected chi connectivity index (χ1v) is 4.08. The lowest BCUT2D eigenvalue weighted by molar-refractivity contribution is 0.583. The van der Waals surface area contributed by atoms with Crippen LogP contribution in [-0.4, -0.2) is 33.0 Å². The highest BCUT2D eigenvalue weighted by atomic mass is 31.3. The van der Waals surface area contributed by atoms with Gasteiger partial charge in [0.1, 0.15) is 7.44 Å². The second-order valence-electron chi connectivity index (χ2n) is 0.402. The van der Waals surface area contributed by atoms with Crippen LogP contribution in [-0.2, 0) is 4.46 Å². The lowest BCUT2D eigenvalue weighted by atomic mass is 10.8. The van der Waals surface area contributed by atoms with Crippen molar-refractivity contribution >= 4 is 41.8 Å². The van der Waals surface area contributed by atoms with E-state index >= 15 is 0 Å². The van der Waals surface area contributed by atoms with Crippen LogP contribution in [0.15, 0.2) is 0 Å². The molecular formula is H5AlBOPSi. The van der Waals surface area contributed by atoms with E-state index in [1.165, 1.54) is 0 Å². The third-order valence-electron chi connectivity index (χ3n) is 0. The van der Waals surface area contributed by atoms with E-state index in [2.05, 4.69) is 7.44 Å². The van der Waals surface area contributed by atoms with Gasteiger partial charge in [-0.15, -0.1) is 0 Å². The van der Waals surface area contributed by atoms with Crippen molar-refractivity contribution in [3.8, 4) is 0 Å². The summed E-state index contributed by atoms with van der Waals surface area (Å²) in [6.45, 7) is 0. The summed E-state index contributed by atoms with van der Waals surface area (Å²) in [6, 6.07) is 0. The van der Waals surface area contributed by atoms with Crippen molar-refractivity contribution < 1.29 is 4.46 Å². The van der Waals surface area contributed by atoms with Crippen LogP contribution in [0.25, 0.3) is 0 Å². The van der Waals surface area contributed by atoms with E-state index in [1.54, 1.807) is 0 Å². The van der Waals surface area contributed by atoms with Crippen molar-refractivity contribution in [2.45, 2.75) is 0 Å². The first kappa shape index (κ1) is 9.40. The minimum Gasteiger partial charge on any atom is -0.395 e. The molecule has 0 saturated carbocycles. The zero-order valence-corrected chi connectivity index (χ0v) is 4.22. The van der Waals surface area contributed by atoms with Gasteiger partial charge in [-0.1, -0.05) is 8.79 Å². The summed E-state index contributed by atoms with van der Waals surface area (Å²) in [7, 11) is 4.89. The van der Waals surface area contributed by atoms with Crippen LogP contribution in [0.2, 0.25) is 0 Å². The van der Waals surface area contributed by atoms with Gasteiger partial charge in [0.15, 0.2) is 17.4 Å². The molecule has 0 amide bonds. The normalized spacial score (nSPS) is 5.00. The summed E-state index contributed by atoms with van der Waals surface area (Å²) in [4.78, 5) is 0. The van der Waals surface area contributed by atoms with Crippen molar-refractivity contribution in [1.29, 1.82) is 0 Å². The van der Waals surface area contributed by atoms with Gasteiger partial charge >= 0.3 is 0 Å². The van der Waals surface area contributed by atoms with Crippen LogP contribution in [0.5, 0.6) is 0 Å².